The molecule has 26 heavy (non-hydrogen) atoms. The summed E-state index contributed by atoms with van der Waals surface area (Å²) in [4.78, 5) is 11.4. The molecule has 1 unspecified atom stereocenters. The van der Waals surface area contributed by atoms with E-state index in [1.165, 1.54) is 0 Å². The number of ether oxygens (including phenoxy) is 1. The van der Waals surface area contributed by atoms with Crippen LogP contribution in [0.4, 0.5) is 0 Å². The largest absolute Gasteiger partial charge is 0.478 e. The molecule has 0 aliphatic heterocycles. The van der Waals surface area contributed by atoms with Crippen molar-refractivity contribution in [2.75, 3.05) is 0 Å². The lowest BCUT2D eigenvalue weighted by molar-refractivity contribution is -0.133. The highest BCUT2D eigenvalue weighted by atomic mass is 35.5. The second-order valence-corrected chi connectivity index (χ2v) is 6.22. The van der Waals surface area contributed by atoms with Gasteiger partial charge < -0.3 is 14.4 Å². The Morgan fingerprint density at radius 2 is 1.88 bits per heavy atom. The highest BCUT2D eigenvalue weighted by Gasteiger charge is 2.27. The second kappa shape index (κ2) is 7.64. The molecule has 3 rings (SSSR count). The summed E-state index contributed by atoms with van der Waals surface area (Å²) in [5.41, 5.74) is 0.853. The van der Waals surface area contributed by atoms with Gasteiger partial charge in [-0.25, -0.2) is 4.79 Å². The van der Waals surface area contributed by atoms with Crippen LogP contribution in [0.25, 0.3) is 11.3 Å². The standard InChI is InChI=1S/C19H13Cl2NO4/c1-11(19(23)24)18(25-13-5-3-2-4-6-13)17-10-16(22-26-17)14-8-7-12(20)9-15(14)21/h2-10,18H,1H2,(H,23,24). The van der Waals surface area contributed by atoms with Crippen LogP contribution < -0.4 is 4.74 Å². The van der Waals surface area contributed by atoms with Crippen molar-refractivity contribution in [3.05, 3.63) is 82.6 Å². The Labute approximate surface area is 159 Å². The molecule has 132 valence electrons. The molecular weight excluding hydrogens is 377 g/mol. The fourth-order valence-corrected chi connectivity index (χ4v) is 2.79. The van der Waals surface area contributed by atoms with Gasteiger partial charge in [0.2, 0.25) is 0 Å². The van der Waals surface area contributed by atoms with Crippen molar-refractivity contribution in [2.45, 2.75) is 6.10 Å². The molecule has 0 aliphatic carbocycles. The van der Waals surface area contributed by atoms with Gasteiger partial charge in [-0.15, -0.1) is 0 Å². The molecule has 0 saturated carbocycles. The first-order valence-corrected chi connectivity index (χ1v) is 8.27. The van der Waals surface area contributed by atoms with Crippen molar-refractivity contribution in [2.24, 2.45) is 0 Å². The van der Waals surface area contributed by atoms with Gasteiger partial charge in [-0.05, 0) is 30.3 Å². The normalized spacial score (nSPS) is 11.8. The summed E-state index contributed by atoms with van der Waals surface area (Å²) >= 11 is 12.1. The lowest BCUT2D eigenvalue weighted by Crippen LogP contribution is -2.15. The Morgan fingerprint density at radius 3 is 2.54 bits per heavy atom. The van der Waals surface area contributed by atoms with Crippen LogP contribution >= 0.6 is 23.2 Å². The van der Waals surface area contributed by atoms with E-state index in [9.17, 15) is 9.90 Å². The minimum absolute atomic E-state index is 0.182. The van der Waals surface area contributed by atoms with Crippen LogP contribution in [0.15, 0.2) is 71.3 Å². The molecule has 0 fully saturated rings. The number of carbonyl (C=O) groups is 1. The average molecular weight is 390 g/mol. The van der Waals surface area contributed by atoms with Gasteiger partial charge in [-0.1, -0.05) is 53.1 Å². The molecule has 0 radical (unpaired) electrons. The predicted octanol–water partition coefficient (Wildman–Crippen LogP) is 5.41. The zero-order valence-electron chi connectivity index (χ0n) is 13.4. The van der Waals surface area contributed by atoms with Gasteiger partial charge in [0.15, 0.2) is 11.9 Å². The molecular formula is C19H13Cl2NO4. The maximum atomic E-state index is 11.4. The van der Waals surface area contributed by atoms with Crippen molar-refractivity contribution >= 4 is 29.2 Å². The molecule has 5 nitrogen and oxygen atoms in total. The summed E-state index contributed by atoms with van der Waals surface area (Å²) in [7, 11) is 0. The van der Waals surface area contributed by atoms with Gasteiger partial charge in [-0.2, -0.15) is 0 Å². The van der Waals surface area contributed by atoms with Crippen LogP contribution in [-0.2, 0) is 4.79 Å². The van der Waals surface area contributed by atoms with Crippen molar-refractivity contribution < 1.29 is 19.2 Å². The smallest absolute Gasteiger partial charge is 0.335 e. The summed E-state index contributed by atoms with van der Waals surface area (Å²) in [6, 6.07) is 15.3. The first-order chi connectivity index (χ1) is 12.5. The third kappa shape index (κ3) is 3.90. The van der Waals surface area contributed by atoms with Crippen molar-refractivity contribution in [1.82, 2.24) is 5.16 Å². The Bertz CT molecular complexity index is 953. The van der Waals surface area contributed by atoms with Crippen molar-refractivity contribution in [3.63, 3.8) is 0 Å². The number of nitrogens with zero attached hydrogens (tertiary/aromatic N) is 1. The quantitative estimate of drug-likeness (QED) is 0.570. The Kier molecular flexibility index (Phi) is 5.30. The molecule has 1 heterocycles. The molecule has 0 aliphatic rings. The van der Waals surface area contributed by atoms with E-state index in [2.05, 4.69) is 11.7 Å². The van der Waals surface area contributed by atoms with Crippen LogP contribution in [0.2, 0.25) is 10.0 Å². The lowest BCUT2D eigenvalue weighted by atomic mass is 10.1. The van der Waals surface area contributed by atoms with Crippen LogP contribution in [0.5, 0.6) is 5.75 Å². The third-order valence-corrected chi connectivity index (χ3v) is 4.13. The van der Waals surface area contributed by atoms with E-state index in [1.807, 2.05) is 6.07 Å². The minimum Gasteiger partial charge on any atom is -0.478 e. The van der Waals surface area contributed by atoms with E-state index in [0.29, 0.717) is 27.1 Å². The minimum atomic E-state index is -1.20. The molecule has 1 N–H and O–H groups in total. The van der Waals surface area contributed by atoms with Gasteiger partial charge in [0.1, 0.15) is 11.4 Å². The SMILES string of the molecule is C=C(C(=O)O)C(Oc1ccccc1)c1cc(-c2ccc(Cl)cc2Cl)no1. The Hall–Kier alpha value is -2.76. The molecule has 1 atom stereocenters. The zero-order valence-corrected chi connectivity index (χ0v) is 14.9. The number of aliphatic carboxylic acids is 1. The van der Waals surface area contributed by atoms with Gasteiger partial charge in [0, 0.05) is 16.7 Å². The summed E-state index contributed by atoms with van der Waals surface area (Å²) < 4.78 is 11.1. The van der Waals surface area contributed by atoms with E-state index in [0.717, 1.165) is 0 Å². The number of carboxylic acid groups (broad SMARTS) is 1. The average Bonchev–Trinajstić information content (AvgIpc) is 3.09. The van der Waals surface area contributed by atoms with E-state index in [1.54, 1.807) is 48.5 Å². The number of aromatic nitrogens is 1. The summed E-state index contributed by atoms with van der Waals surface area (Å²) in [5, 5.41) is 14.2. The Morgan fingerprint density at radius 1 is 1.15 bits per heavy atom. The summed E-state index contributed by atoms with van der Waals surface area (Å²) in [6.07, 6.45) is -1.04. The number of para-hydroxylation sites is 1. The van der Waals surface area contributed by atoms with E-state index < -0.39 is 12.1 Å². The fourth-order valence-electron chi connectivity index (χ4n) is 2.29. The zero-order chi connectivity index (χ0) is 18.7. The molecule has 0 saturated heterocycles. The van der Waals surface area contributed by atoms with E-state index in [4.69, 9.17) is 32.5 Å². The Balaban J connectivity index is 1.96. The van der Waals surface area contributed by atoms with Crippen LogP contribution in [0.1, 0.15) is 11.9 Å². The number of hydrogen-bond acceptors (Lipinski definition) is 4. The first kappa shape index (κ1) is 18.0. The molecule has 0 amide bonds. The van der Waals surface area contributed by atoms with Crippen molar-refractivity contribution in [3.8, 4) is 17.0 Å². The highest BCUT2D eigenvalue weighted by molar-refractivity contribution is 6.36. The number of rotatable bonds is 6. The second-order valence-electron chi connectivity index (χ2n) is 5.38. The highest BCUT2D eigenvalue weighted by Crippen LogP contribution is 2.34. The maximum Gasteiger partial charge on any atom is 0.335 e. The molecule has 3 aromatic rings. The molecule has 0 bridgehead atoms. The molecule has 1 aromatic heterocycles. The van der Waals surface area contributed by atoms with Gasteiger partial charge >= 0.3 is 5.97 Å². The topological polar surface area (TPSA) is 72.6 Å². The fraction of sp³-hybridized carbons (Fsp3) is 0.0526. The molecule has 7 heteroatoms. The summed E-state index contributed by atoms with van der Waals surface area (Å²) in [6.45, 7) is 3.58. The van der Waals surface area contributed by atoms with E-state index >= 15 is 0 Å². The van der Waals surface area contributed by atoms with Crippen LogP contribution in [-0.4, -0.2) is 16.2 Å². The number of benzene rings is 2. The van der Waals surface area contributed by atoms with Gasteiger partial charge in [0.05, 0.1) is 10.6 Å². The first-order valence-electron chi connectivity index (χ1n) is 7.51. The number of hydrogen-bond donors (Lipinski definition) is 1. The number of halogens is 2. The third-order valence-electron chi connectivity index (χ3n) is 3.58. The summed E-state index contributed by atoms with van der Waals surface area (Å²) in [5.74, 6) is -0.530. The van der Waals surface area contributed by atoms with Crippen LogP contribution in [0.3, 0.4) is 0 Å². The number of carboxylic acids is 1. The maximum absolute atomic E-state index is 11.4. The molecule has 2 aromatic carbocycles. The van der Waals surface area contributed by atoms with Crippen LogP contribution in [0, 0.1) is 0 Å². The predicted molar refractivity (Wildman–Crippen MR) is 98.5 cm³/mol. The lowest BCUT2D eigenvalue weighted by Gasteiger charge is -2.16. The van der Waals surface area contributed by atoms with Gasteiger partial charge in [0.25, 0.3) is 0 Å². The van der Waals surface area contributed by atoms with E-state index in [-0.39, 0.29) is 11.3 Å². The van der Waals surface area contributed by atoms with Gasteiger partial charge in [-0.3, -0.25) is 0 Å². The molecule has 0 spiro atoms. The van der Waals surface area contributed by atoms with Crippen molar-refractivity contribution in [1.29, 1.82) is 0 Å². The monoisotopic (exact) mass is 389 g/mol.